The number of piperidine rings is 2. The zero-order valence-corrected chi connectivity index (χ0v) is 14.3. The monoisotopic (exact) mass is 330 g/mol. The van der Waals surface area contributed by atoms with E-state index in [-0.39, 0.29) is 17.0 Å². The average molecular weight is 330 g/mol. The number of nitrogens with zero attached hydrogens (tertiary/aromatic N) is 3. The molecule has 24 heavy (non-hydrogen) atoms. The SMILES string of the molecule is CC(C)(C)n1ccc(=O)c2cc(F)c(N3C[C@@H]4CC[C@H]3CN4)nc21. The van der Waals surface area contributed by atoms with Crippen LogP contribution in [0.25, 0.3) is 11.0 Å². The molecule has 0 aliphatic carbocycles. The number of fused-ring (bicyclic) bond motifs is 4. The van der Waals surface area contributed by atoms with Crippen LogP contribution in [0, 0.1) is 5.82 Å². The molecule has 0 amide bonds. The summed E-state index contributed by atoms with van der Waals surface area (Å²) in [5, 5.41) is 3.81. The lowest BCUT2D eigenvalue weighted by Gasteiger charge is -2.46. The molecule has 3 fully saturated rings. The number of halogens is 1. The summed E-state index contributed by atoms with van der Waals surface area (Å²) in [6.45, 7) is 7.79. The minimum Gasteiger partial charge on any atom is -0.348 e. The van der Waals surface area contributed by atoms with Crippen molar-refractivity contribution in [1.29, 1.82) is 0 Å². The van der Waals surface area contributed by atoms with Crippen molar-refractivity contribution >= 4 is 16.9 Å². The third-order valence-electron chi connectivity index (χ3n) is 5.15. The molecule has 5 heterocycles. The number of nitrogens with one attached hydrogen (secondary N) is 1. The second-order valence-corrected chi connectivity index (χ2v) is 7.87. The van der Waals surface area contributed by atoms with Crippen LogP contribution >= 0.6 is 0 Å². The maximum absolute atomic E-state index is 14.8. The Hall–Kier alpha value is -1.95. The number of piperazine rings is 1. The number of aromatic nitrogens is 2. The molecule has 2 bridgehead atoms. The average Bonchev–Trinajstić information content (AvgIpc) is 2.55. The van der Waals surface area contributed by atoms with Crippen LogP contribution < -0.4 is 15.6 Å². The van der Waals surface area contributed by atoms with Gasteiger partial charge in [-0.2, -0.15) is 0 Å². The molecule has 0 unspecified atom stereocenters. The van der Waals surface area contributed by atoms with Crippen molar-refractivity contribution in [2.45, 2.75) is 51.2 Å². The zero-order valence-electron chi connectivity index (χ0n) is 14.3. The molecule has 3 aliphatic heterocycles. The molecule has 1 N–H and O–H groups in total. The van der Waals surface area contributed by atoms with Crippen LogP contribution in [0.4, 0.5) is 10.2 Å². The van der Waals surface area contributed by atoms with E-state index in [0.29, 0.717) is 22.9 Å². The Morgan fingerprint density at radius 3 is 2.71 bits per heavy atom. The van der Waals surface area contributed by atoms with Gasteiger partial charge in [0.2, 0.25) is 0 Å². The summed E-state index contributed by atoms with van der Waals surface area (Å²) < 4.78 is 16.7. The molecule has 128 valence electrons. The number of rotatable bonds is 1. The Bertz CT molecular complexity index is 846. The van der Waals surface area contributed by atoms with Crippen molar-refractivity contribution < 1.29 is 4.39 Å². The molecule has 2 aromatic heterocycles. The Kier molecular flexibility index (Phi) is 3.42. The van der Waals surface area contributed by atoms with Gasteiger partial charge in [-0.15, -0.1) is 0 Å². The van der Waals surface area contributed by atoms with Crippen molar-refractivity contribution in [3.8, 4) is 0 Å². The van der Waals surface area contributed by atoms with Crippen molar-refractivity contribution in [2.75, 3.05) is 18.0 Å². The van der Waals surface area contributed by atoms with E-state index in [1.54, 1.807) is 6.20 Å². The Morgan fingerprint density at radius 2 is 2.12 bits per heavy atom. The van der Waals surface area contributed by atoms with Crippen LogP contribution in [0.5, 0.6) is 0 Å². The van der Waals surface area contributed by atoms with Gasteiger partial charge in [0.1, 0.15) is 5.65 Å². The largest absolute Gasteiger partial charge is 0.348 e. The molecule has 5 nitrogen and oxygen atoms in total. The zero-order chi connectivity index (χ0) is 17.1. The molecule has 5 rings (SSSR count). The molecular formula is C18H23FN4O. The first-order chi connectivity index (χ1) is 11.3. The van der Waals surface area contributed by atoms with Gasteiger partial charge in [-0.3, -0.25) is 4.79 Å². The molecule has 0 spiro atoms. The fourth-order valence-corrected chi connectivity index (χ4v) is 3.85. The summed E-state index contributed by atoms with van der Waals surface area (Å²) in [6.07, 6.45) is 3.93. The second-order valence-electron chi connectivity index (χ2n) is 7.87. The quantitative estimate of drug-likeness (QED) is 0.871. The summed E-state index contributed by atoms with van der Waals surface area (Å²) >= 11 is 0. The Morgan fingerprint density at radius 1 is 1.33 bits per heavy atom. The van der Waals surface area contributed by atoms with Gasteiger partial charge in [-0.25, -0.2) is 9.37 Å². The van der Waals surface area contributed by atoms with Crippen LogP contribution in [0.15, 0.2) is 23.1 Å². The summed E-state index contributed by atoms with van der Waals surface area (Å²) in [7, 11) is 0. The first-order valence-corrected chi connectivity index (χ1v) is 8.57. The van der Waals surface area contributed by atoms with Gasteiger partial charge < -0.3 is 14.8 Å². The molecule has 0 saturated carbocycles. The van der Waals surface area contributed by atoms with Crippen LogP contribution in [0.3, 0.4) is 0 Å². The molecular weight excluding hydrogens is 307 g/mol. The third kappa shape index (κ3) is 2.40. The van der Waals surface area contributed by atoms with Gasteiger partial charge >= 0.3 is 0 Å². The van der Waals surface area contributed by atoms with E-state index in [0.717, 1.165) is 25.9 Å². The standard InChI is InChI=1S/C18H23FN4O/c1-18(2,3)23-7-6-15(24)13-8-14(19)17(21-16(13)23)22-10-11-4-5-12(22)9-20-11/h6-8,11-12,20H,4-5,9-10H2,1-3H3/t11-,12-/m0/s1. The second kappa shape index (κ2) is 5.28. The topological polar surface area (TPSA) is 50.2 Å². The van der Waals surface area contributed by atoms with Crippen molar-refractivity contribution in [1.82, 2.24) is 14.9 Å². The van der Waals surface area contributed by atoms with Gasteiger partial charge in [-0.05, 0) is 39.7 Å². The molecule has 3 aliphatic rings. The van der Waals surface area contributed by atoms with Gasteiger partial charge in [0.15, 0.2) is 17.1 Å². The third-order valence-corrected chi connectivity index (χ3v) is 5.15. The maximum atomic E-state index is 14.8. The van der Waals surface area contributed by atoms with Gasteiger partial charge in [-0.1, -0.05) is 0 Å². The fourth-order valence-electron chi connectivity index (χ4n) is 3.85. The normalized spacial score (nSPS) is 23.9. The summed E-state index contributed by atoms with van der Waals surface area (Å²) in [5.41, 5.74) is 0.127. The summed E-state index contributed by atoms with van der Waals surface area (Å²) in [4.78, 5) is 18.9. The molecule has 2 atom stereocenters. The number of hydrogen-bond acceptors (Lipinski definition) is 4. The number of pyridine rings is 2. The Labute approximate surface area is 140 Å². The predicted molar refractivity (Wildman–Crippen MR) is 93.1 cm³/mol. The highest BCUT2D eigenvalue weighted by Gasteiger charge is 2.35. The highest BCUT2D eigenvalue weighted by atomic mass is 19.1. The minimum absolute atomic E-state index is 0.190. The summed E-state index contributed by atoms with van der Waals surface area (Å²) in [5.74, 6) is -0.0268. The lowest BCUT2D eigenvalue weighted by Crippen LogP contribution is -2.61. The Balaban J connectivity index is 1.91. The van der Waals surface area contributed by atoms with Crippen LogP contribution in [-0.2, 0) is 5.54 Å². The van der Waals surface area contributed by atoms with Gasteiger partial charge in [0.05, 0.1) is 5.39 Å². The van der Waals surface area contributed by atoms with Crippen molar-refractivity contribution in [2.24, 2.45) is 0 Å². The molecule has 3 saturated heterocycles. The van der Waals surface area contributed by atoms with E-state index >= 15 is 0 Å². The molecule has 6 heteroatoms. The van der Waals surface area contributed by atoms with E-state index in [1.807, 2.05) is 4.57 Å². The number of hydrogen-bond donors (Lipinski definition) is 1. The minimum atomic E-state index is -0.404. The molecule has 0 radical (unpaired) electrons. The highest BCUT2D eigenvalue weighted by molar-refractivity contribution is 5.77. The maximum Gasteiger partial charge on any atom is 0.191 e. The summed E-state index contributed by atoms with van der Waals surface area (Å²) in [6, 6.07) is 3.51. The van der Waals surface area contributed by atoms with E-state index in [4.69, 9.17) is 0 Å². The van der Waals surface area contributed by atoms with Gasteiger partial charge in [0, 0.05) is 43.0 Å². The van der Waals surface area contributed by atoms with Crippen LogP contribution in [0.1, 0.15) is 33.6 Å². The number of anilines is 1. The van der Waals surface area contributed by atoms with Crippen LogP contribution in [0.2, 0.25) is 0 Å². The van der Waals surface area contributed by atoms with E-state index in [1.165, 1.54) is 12.1 Å². The lowest BCUT2D eigenvalue weighted by molar-refractivity contribution is 0.287. The first-order valence-electron chi connectivity index (χ1n) is 8.57. The van der Waals surface area contributed by atoms with Gasteiger partial charge in [0.25, 0.3) is 0 Å². The van der Waals surface area contributed by atoms with Crippen molar-refractivity contribution in [3.63, 3.8) is 0 Å². The van der Waals surface area contributed by atoms with Crippen LogP contribution in [-0.4, -0.2) is 34.7 Å². The van der Waals surface area contributed by atoms with E-state index in [2.05, 4.69) is 36.0 Å². The molecule has 2 aromatic rings. The smallest absolute Gasteiger partial charge is 0.191 e. The first kappa shape index (κ1) is 15.6. The molecule has 0 aromatic carbocycles. The lowest BCUT2D eigenvalue weighted by atomic mass is 9.93. The van der Waals surface area contributed by atoms with E-state index < -0.39 is 5.82 Å². The highest BCUT2D eigenvalue weighted by Crippen LogP contribution is 2.30. The predicted octanol–water partition coefficient (Wildman–Crippen LogP) is 2.23. The fraction of sp³-hybridized carbons (Fsp3) is 0.556. The van der Waals surface area contributed by atoms with Crippen molar-refractivity contribution in [3.05, 3.63) is 34.4 Å². The van der Waals surface area contributed by atoms with E-state index in [9.17, 15) is 9.18 Å².